The van der Waals surface area contributed by atoms with Crippen molar-refractivity contribution in [3.05, 3.63) is 42.5 Å². The molecule has 0 N–H and O–H groups in total. The van der Waals surface area contributed by atoms with Crippen LogP contribution in [0.1, 0.15) is 0 Å². The Kier molecular flexibility index (Phi) is 4.85. The van der Waals surface area contributed by atoms with Gasteiger partial charge in [-0.05, 0) is 24.3 Å². The number of benzene rings is 1. The molecule has 1 aromatic heterocycles. The van der Waals surface area contributed by atoms with Crippen LogP contribution in [0.4, 0.5) is 10.1 Å². The molecule has 5 nitrogen and oxygen atoms in total. The van der Waals surface area contributed by atoms with Gasteiger partial charge in [0.2, 0.25) is 5.91 Å². The van der Waals surface area contributed by atoms with Gasteiger partial charge in [-0.15, -0.1) is 0 Å². The van der Waals surface area contributed by atoms with Gasteiger partial charge in [-0.25, -0.2) is 9.37 Å². The summed E-state index contributed by atoms with van der Waals surface area (Å²) in [5.41, 5.74) is 1.00. The third-order valence-corrected chi connectivity index (χ3v) is 4.97. The molecule has 0 saturated carbocycles. The molecule has 0 aliphatic carbocycles. The summed E-state index contributed by atoms with van der Waals surface area (Å²) >= 11 is 1.46. The number of halogens is 1. The summed E-state index contributed by atoms with van der Waals surface area (Å²) < 4.78 is 14.9. The van der Waals surface area contributed by atoms with E-state index in [2.05, 4.69) is 9.88 Å². The molecule has 1 aromatic carbocycles. The molecule has 3 rings (SSSR count). The Bertz CT molecular complexity index is 665. The minimum atomic E-state index is -0.228. The lowest BCUT2D eigenvalue weighted by Gasteiger charge is -2.36. The minimum Gasteiger partial charge on any atom is -0.368 e. The molecule has 0 radical (unpaired) electrons. The fraction of sp³-hybridized carbons (Fsp3) is 0.375. The van der Waals surface area contributed by atoms with E-state index >= 15 is 0 Å². The summed E-state index contributed by atoms with van der Waals surface area (Å²) in [6.45, 7) is 2.92. The number of piperazine rings is 1. The van der Waals surface area contributed by atoms with Crippen LogP contribution in [-0.2, 0) is 11.8 Å². The Morgan fingerprint density at radius 1 is 1.22 bits per heavy atom. The van der Waals surface area contributed by atoms with Crippen molar-refractivity contribution >= 4 is 23.4 Å². The Balaban J connectivity index is 1.49. The van der Waals surface area contributed by atoms with E-state index in [-0.39, 0.29) is 11.7 Å². The van der Waals surface area contributed by atoms with Gasteiger partial charge in [-0.2, -0.15) is 0 Å². The Labute approximate surface area is 139 Å². The molecule has 23 heavy (non-hydrogen) atoms. The van der Waals surface area contributed by atoms with E-state index in [0.717, 1.165) is 23.9 Å². The highest BCUT2D eigenvalue weighted by atomic mass is 32.2. The first-order valence-corrected chi connectivity index (χ1v) is 8.50. The van der Waals surface area contributed by atoms with Crippen molar-refractivity contribution in [3.8, 4) is 0 Å². The zero-order valence-electron chi connectivity index (χ0n) is 13.0. The van der Waals surface area contributed by atoms with Crippen LogP contribution < -0.4 is 4.90 Å². The number of carbonyl (C=O) groups is 1. The maximum absolute atomic E-state index is 13.0. The lowest BCUT2D eigenvalue weighted by Crippen LogP contribution is -2.49. The highest BCUT2D eigenvalue weighted by Gasteiger charge is 2.21. The molecule has 0 spiro atoms. The fourth-order valence-corrected chi connectivity index (χ4v) is 3.41. The standard InChI is InChI=1S/C16H19FN4OS/c1-19-7-6-18-16(19)23-12-15(22)21-10-8-20(9-11-21)14-4-2-13(17)3-5-14/h2-7H,8-12H2,1H3. The molecular formula is C16H19FN4OS. The Morgan fingerprint density at radius 3 is 2.52 bits per heavy atom. The number of hydrogen-bond donors (Lipinski definition) is 0. The van der Waals surface area contributed by atoms with Gasteiger partial charge in [0, 0.05) is 51.3 Å². The van der Waals surface area contributed by atoms with E-state index in [1.54, 1.807) is 18.3 Å². The molecule has 122 valence electrons. The van der Waals surface area contributed by atoms with E-state index in [1.165, 1.54) is 23.9 Å². The fourth-order valence-electron chi connectivity index (χ4n) is 2.57. The van der Waals surface area contributed by atoms with E-state index in [9.17, 15) is 9.18 Å². The van der Waals surface area contributed by atoms with Crippen LogP contribution in [0, 0.1) is 5.82 Å². The Hall–Kier alpha value is -2.02. The molecule has 2 heterocycles. The van der Waals surface area contributed by atoms with Gasteiger partial charge in [0.25, 0.3) is 0 Å². The van der Waals surface area contributed by atoms with Crippen LogP contribution in [0.5, 0.6) is 0 Å². The minimum absolute atomic E-state index is 0.136. The molecule has 1 fully saturated rings. The second kappa shape index (κ2) is 7.04. The smallest absolute Gasteiger partial charge is 0.233 e. The molecule has 0 unspecified atom stereocenters. The number of amides is 1. The second-order valence-corrected chi connectivity index (χ2v) is 6.40. The molecule has 1 amide bonds. The van der Waals surface area contributed by atoms with Crippen LogP contribution in [0.15, 0.2) is 41.8 Å². The van der Waals surface area contributed by atoms with Gasteiger partial charge in [0.1, 0.15) is 5.82 Å². The molecule has 7 heteroatoms. The van der Waals surface area contributed by atoms with Crippen LogP contribution in [-0.4, -0.2) is 52.3 Å². The van der Waals surface area contributed by atoms with Crippen molar-refractivity contribution in [1.82, 2.24) is 14.5 Å². The summed E-state index contributed by atoms with van der Waals surface area (Å²) in [5.74, 6) is 0.312. The van der Waals surface area contributed by atoms with Crippen molar-refractivity contribution in [2.45, 2.75) is 5.16 Å². The van der Waals surface area contributed by atoms with Gasteiger partial charge in [0.15, 0.2) is 5.16 Å². The maximum Gasteiger partial charge on any atom is 0.233 e. The SMILES string of the molecule is Cn1ccnc1SCC(=O)N1CCN(c2ccc(F)cc2)CC1. The van der Waals surface area contributed by atoms with Crippen molar-refractivity contribution in [3.63, 3.8) is 0 Å². The molecule has 1 saturated heterocycles. The van der Waals surface area contributed by atoms with E-state index < -0.39 is 0 Å². The van der Waals surface area contributed by atoms with Crippen LogP contribution in [0.25, 0.3) is 0 Å². The molecule has 1 aliphatic heterocycles. The third-order valence-electron chi connectivity index (χ3n) is 3.93. The quantitative estimate of drug-likeness (QED) is 0.802. The second-order valence-electron chi connectivity index (χ2n) is 5.45. The van der Waals surface area contributed by atoms with Crippen molar-refractivity contribution in [1.29, 1.82) is 0 Å². The summed E-state index contributed by atoms with van der Waals surface area (Å²) in [7, 11) is 1.92. The highest BCUT2D eigenvalue weighted by Crippen LogP contribution is 2.19. The summed E-state index contributed by atoms with van der Waals surface area (Å²) in [5, 5.41) is 0.850. The molecular weight excluding hydrogens is 315 g/mol. The monoisotopic (exact) mass is 334 g/mol. The number of anilines is 1. The van der Waals surface area contributed by atoms with Crippen LogP contribution in [0.2, 0.25) is 0 Å². The molecule has 2 aromatic rings. The van der Waals surface area contributed by atoms with Gasteiger partial charge in [0.05, 0.1) is 5.75 Å². The normalized spacial score (nSPS) is 15.0. The predicted molar refractivity (Wildman–Crippen MR) is 89.1 cm³/mol. The Morgan fingerprint density at radius 2 is 1.91 bits per heavy atom. The zero-order chi connectivity index (χ0) is 16.2. The maximum atomic E-state index is 13.0. The molecule has 0 atom stereocenters. The average Bonchev–Trinajstić information content (AvgIpc) is 2.99. The van der Waals surface area contributed by atoms with Gasteiger partial charge in [-0.3, -0.25) is 4.79 Å². The van der Waals surface area contributed by atoms with Crippen LogP contribution in [0.3, 0.4) is 0 Å². The number of hydrogen-bond acceptors (Lipinski definition) is 4. The third kappa shape index (κ3) is 3.85. The van der Waals surface area contributed by atoms with E-state index in [4.69, 9.17) is 0 Å². The van der Waals surface area contributed by atoms with E-state index in [0.29, 0.717) is 18.8 Å². The van der Waals surface area contributed by atoms with Crippen molar-refractivity contribution < 1.29 is 9.18 Å². The first kappa shape index (κ1) is 15.9. The first-order valence-electron chi connectivity index (χ1n) is 7.52. The summed E-state index contributed by atoms with van der Waals surface area (Å²) in [4.78, 5) is 20.6. The number of aromatic nitrogens is 2. The summed E-state index contributed by atoms with van der Waals surface area (Å²) in [6, 6.07) is 6.50. The number of carbonyl (C=O) groups excluding carboxylic acids is 1. The van der Waals surface area contributed by atoms with Crippen molar-refractivity contribution in [2.75, 3.05) is 36.8 Å². The largest absolute Gasteiger partial charge is 0.368 e. The number of thioether (sulfide) groups is 1. The number of rotatable bonds is 4. The number of aryl methyl sites for hydroxylation is 1. The van der Waals surface area contributed by atoms with Crippen LogP contribution >= 0.6 is 11.8 Å². The molecule has 0 bridgehead atoms. The highest BCUT2D eigenvalue weighted by molar-refractivity contribution is 7.99. The number of imidazole rings is 1. The van der Waals surface area contributed by atoms with Gasteiger partial charge < -0.3 is 14.4 Å². The summed E-state index contributed by atoms with van der Waals surface area (Å²) in [6.07, 6.45) is 3.60. The topological polar surface area (TPSA) is 41.4 Å². The first-order chi connectivity index (χ1) is 11.1. The zero-order valence-corrected chi connectivity index (χ0v) is 13.8. The van der Waals surface area contributed by atoms with Gasteiger partial charge >= 0.3 is 0 Å². The predicted octanol–water partition coefficient (Wildman–Crippen LogP) is 2.00. The number of nitrogens with zero attached hydrogens (tertiary/aromatic N) is 4. The average molecular weight is 334 g/mol. The van der Waals surface area contributed by atoms with Crippen molar-refractivity contribution in [2.24, 2.45) is 7.05 Å². The lowest BCUT2D eigenvalue weighted by molar-refractivity contribution is -0.128. The van der Waals surface area contributed by atoms with Gasteiger partial charge in [-0.1, -0.05) is 11.8 Å². The lowest BCUT2D eigenvalue weighted by atomic mass is 10.2. The van der Waals surface area contributed by atoms with E-state index in [1.807, 2.05) is 22.7 Å². The molecule has 1 aliphatic rings.